The van der Waals surface area contributed by atoms with E-state index in [2.05, 4.69) is 15.1 Å². The summed E-state index contributed by atoms with van der Waals surface area (Å²) in [6, 6.07) is 0.362. The Morgan fingerprint density at radius 2 is 2.22 bits per heavy atom. The lowest BCUT2D eigenvalue weighted by molar-refractivity contribution is -0.157. The van der Waals surface area contributed by atoms with E-state index in [1.807, 2.05) is 25.2 Å². The van der Waals surface area contributed by atoms with Crippen LogP contribution in [0.2, 0.25) is 0 Å². The van der Waals surface area contributed by atoms with E-state index in [0.717, 1.165) is 25.0 Å². The number of rotatable bonds is 6. The van der Waals surface area contributed by atoms with Gasteiger partial charge in [-0.05, 0) is 45.5 Å². The average molecular weight is 449 g/mol. The Balaban J connectivity index is 1.32. The van der Waals surface area contributed by atoms with Gasteiger partial charge in [-0.1, -0.05) is 0 Å². The lowest BCUT2D eigenvalue weighted by Gasteiger charge is -2.42. The maximum absolute atomic E-state index is 15.3. The Labute approximate surface area is 188 Å². The molecule has 0 aromatic rings. The Bertz CT molecular complexity index is 868. The molecule has 3 unspecified atom stereocenters. The summed E-state index contributed by atoms with van der Waals surface area (Å²) in [6.07, 6.45) is 6.62. The van der Waals surface area contributed by atoms with E-state index >= 15 is 4.39 Å². The molecule has 8 nitrogen and oxygen atoms in total. The second kappa shape index (κ2) is 8.35. The minimum atomic E-state index is -0.667. The number of esters is 1. The van der Waals surface area contributed by atoms with Crippen LogP contribution >= 0.6 is 0 Å². The van der Waals surface area contributed by atoms with Gasteiger partial charge in [0.05, 0.1) is 31.4 Å². The van der Waals surface area contributed by atoms with Crippen molar-refractivity contribution in [2.45, 2.75) is 56.7 Å². The fraction of sp³-hybridized carbons (Fsp3) is 0.696. The molecule has 5 rings (SSSR count). The fourth-order valence-electron chi connectivity index (χ4n) is 5.09. The molecule has 4 aliphatic heterocycles. The van der Waals surface area contributed by atoms with Crippen LogP contribution in [0.15, 0.2) is 35.1 Å². The number of nitrogens with one attached hydrogen (secondary N) is 1. The highest BCUT2D eigenvalue weighted by Crippen LogP contribution is 2.40. The zero-order valence-electron chi connectivity index (χ0n) is 19.1. The van der Waals surface area contributed by atoms with E-state index in [1.54, 1.807) is 13.0 Å². The van der Waals surface area contributed by atoms with E-state index in [-0.39, 0.29) is 24.1 Å². The molecule has 1 spiro atoms. The van der Waals surface area contributed by atoms with Gasteiger partial charge in [0, 0.05) is 38.2 Å². The molecule has 9 heteroatoms. The second-order valence-corrected chi connectivity index (χ2v) is 9.59. The van der Waals surface area contributed by atoms with Crippen LogP contribution in [0.3, 0.4) is 0 Å². The molecule has 0 bridgehead atoms. The van der Waals surface area contributed by atoms with E-state index in [0.29, 0.717) is 56.6 Å². The van der Waals surface area contributed by atoms with Crippen molar-refractivity contribution in [3.05, 3.63) is 35.1 Å². The number of nitrogens with zero attached hydrogens (tertiary/aromatic N) is 3. The van der Waals surface area contributed by atoms with E-state index in [1.165, 1.54) is 0 Å². The molecule has 176 valence electrons. The summed E-state index contributed by atoms with van der Waals surface area (Å²) in [5.74, 6) is -0.814. The molecular weight excluding hydrogens is 415 g/mol. The number of dihydropyridines is 1. The quantitative estimate of drug-likeness (QED) is 0.616. The molecule has 3 atom stereocenters. The summed E-state index contributed by atoms with van der Waals surface area (Å²) in [5, 5.41) is 3.43. The van der Waals surface area contributed by atoms with Crippen molar-refractivity contribution in [2.24, 2.45) is 0 Å². The first kappa shape index (κ1) is 21.7. The molecule has 0 amide bonds. The van der Waals surface area contributed by atoms with Gasteiger partial charge in [0.2, 0.25) is 0 Å². The number of fused-ring (bicyclic) bond motifs is 1. The smallest absolute Gasteiger partial charge is 0.335 e. The molecule has 1 saturated carbocycles. The highest BCUT2D eigenvalue weighted by Gasteiger charge is 2.49. The molecule has 1 N–H and O–H groups in total. The summed E-state index contributed by atoms with van der Waals surface area (Å²) < 4.78 is 32.8. The van der Waals surface area contributed by atoms with Crippen LogP contribution in [-0.2, 0) is 19.0 Å². The van der Waals surface area contributed by atoms with Crippen LogP contribution in [-0.4, -0.2) is 91.7 Å². The van der Waals surface area contributed by atoms with Gasteiger partial charge >= 0.3 is 5.97 Å². The number of hydrogen-bond donors (Lipinski definition) is 1. The number of carbonyl (C=O) groups excluding carboxylic acids is 1. The van der Waals surface area contributed by atoms with Crippen molar-refractivity contribution in [3.8, 4) is 0 Å². The molecule has 0 radical (unpaired) electrons. The fourth-order valence-corrected chi connectivity index (χ4v) is 5.09. The predicted molar refractivity (Wildman–Crippen MR) is 116 cm³/mol. The molecule has 0 aromatic heterocycles. The van der Waals surface area contributed by atoms with Crippen molar-refractivity contribution in [3.63, 3.8) is 0 Å². The SMILES string of the molecule is CCOC(=O)C1=CN(C2CC2)C2NC(N3CCC4(C3)OCC(CN(C)C)O4)=C(F)C=C2C1. The van der Waals surface area contributed by atoms with Crippen LogP contribution < -0.4 is 5.32 Å². The lowest BCUT2D eigenvalue weighted by atomic mass is 9.95. The lowest BCUT2D eigenvalue weighted by Crippen LogP contribution is -2.52. The molecule has 1 aliphatic carbocycles. The van der Waals surface area contributed by atoms with Crippen LogP contribution in [0.25, 0.3) is 0 Å². The summed E-state index contributed by atoms with van der Waals surface area (Å²) >= 11 is 0. The first-order valence-electron chi connectivity index (χ1n) is 11.6. The summed E-state index contributed by atoms with van der Waals surface area (Å²) in [5.41, 5.74) is 1.44. The maximum Gasteiger partial charge on any atom is 0.335 e. The van der Waals surface area contributed by atoms with Crippen molar-refractivity contribution >= 4 is 5.97 Å². The average Bonchev–Trinajstić information content (AvgIpc) is 3.41. The number of likely N-dealkylation sites (N-methyl/N-ethyl adjacent to an activating group) is 1. The molecule has 3 fully saturated rings. The summed E-state index contributed by atoms with van der Waals surface area (Å²) in [6.45, 7) is 4.64. The zero-order chi connectivity index (χ0) is 22.5. The molecule has 5 aliphatic rings. The second-order valence-electron chi connectivity index (χ2n) is 9.59. The highest BCUT2D eigenvalue weighted by molar-refractivity contribution is 5.89. The Kier molecular flexibility index (Phi) is 5.67. The Morgan fingerprint density at radius 3 is 2.94 bits per heavy atom. The van der Waals surface area contributed by atoms with Crippen LogP contribution in [0, 0.1) is 0 Å². The van der Waals surface area contributed by atoms with E-state index in [9.17, 15) is 4.79 Å². The predicted octanol–water partition coefficient (Wildman–Crippen LogP) is 1.67. The normalized spacial score (nSPS) is 32.3. The third-order valence-corrected chi connectivity index (χ3v) is 6.66. The number of carbonyl (C=O) groups is 1. The van der Waals surface area contributed by atoms with Crippen molar-refractivity contribution in [1.82, 2.24) is 20.0 Å². The van der Waals surface area contributed by atoms with Gasteiger partial charge in [0.15, 0.2) is 11.6 Å². The highest BCUT2D eigenvalue weighted by atomic mass is 19.1. The number of allylic oxidation sites excluding steroid dienone is 2. The molecular formula is C23H33FN4O4. The van der Waals surface area contributed by atoms with Gasteiger partial charge in [-0.2, -0.15) is 0 Å². The minimum absolute atomic E-state index is 0.0322. The molecule has 32 heavy (non-hydrogen) atoms. The van der Waals surface area contributed by atoms with Crippen LogP contribution in [0.1, 0.15) is 32.6 Å². The number of halogens is 1. The third kappa shape index (κ3) is 4.13. The summed E-state index contributed by atoms with van der Waals surface area (Å²) in [4.78, 5) is 18.6. The van der Waals surface area contributed by atoms with E-state index in [4.69, 9.17) is 14.2 Å². The first-order valence-corrected chi connectivity index (χ1v) is 11.6. The third-order valence-electron chi connectivity index (χ3n) is 6.66. The maximum atomic E-state index is 15.3. The van der Waals surface area contributed by atoms with Gasteiger partial charge < -0.3 is 34.2 Å². The Morgan fingerprint density at radius 1 is 1.41 bits per heavy atom. The molecule has 4 heterocycles. The van der Waals surface area contributed by atoms with Crippen molar-refractivity contribution in [1.29, 1.82) is 0 Å². The molecule has 0 aromatic carbocycles. The van der Waals surface area contributed by atoms with Gasteiger partial charge in [0.1, 0.15) is 12.0 Å². The van der Waals surface area contributed by atoms with Gasteiger partial charge in [-0.15, -0.1) is 0 Å². The monoisotopic (exact) mass is 448 g/mol. The minimum Gasteiger partial charge on any atom is -0.463 e. The number of likely N-dealkylation sites (tertiary alicyclic amines) is 1. The van der Waals surface area contributed by atoms with Crippen LogP contribution in [0.5, 0.6) is 0 Å². The van der Waals surface area contributed by atoms with Crippen molar-refractivity contribution < 1.29 is 23.4 Å². The largest absolute Gasteiger partial charge is 0.463 e. The van der Waals surface area contributed by atoms with Crippen LogP contribution in [0.4, 0.5) is 4.39 Å². The van der Waals surface area contributed by atoms with Gasteiger partial charge in [0.25, 0.3) is 0 Å². The Hall–Kier alpha value is -2.10. The first-order chi connectivity index (χ1) is 15.4. The van der Waals surface area contributed by atoms with Gasteiger partial charge in [-0.3, -0.25) is 0 Å². The van der Waals surface area contributed by atoms with Gasteiger partial charge in [-0.25, -0.2) is 9.18 Å². The molecule has 2 saturated heterocycles. The van der Waals surface area contributed by atoms with E-state index < -0.39 is 5.79 Å². The zero-order valence-corrected chi connectivity index (χ0v) is 19.1. The number of hydrogen-bond acceptors (Lipinski definition) is 8. The standard InChI is InChI=1S/C23H33FN4O4/c1-4-30-22(29)16-9-15-10-19(24)21(25-20(15)28(11-16)17-5-6-17)27-8-7-23(14-27)31-13-18(32-23)12-26(2)3/h10-11,17-18,20,25H,4-9,12-14H2,1-3H3. The topological polar surface area (TPSA) is 66.5 Å². The number of ether oxygens (including phenoxy) is 3. The summed E-state index contributed by atoms with van der Waals surface area (Å²) in [7, 11) is 4.03. The van der Waals surface area contributed by atoms with Crippen molar-refractivity contribution in [2.75, 3.05) is 46.9 Å².